The van der Waals surface area contributed by atoms with Crippen LogP contribution >= 0.6 is 27.3 Å². The van der Waals surface area contributed by atoms with E-state index in [1.54, 1.807) is 41.5 Å². The minimum Gasteiger partial charge on any atom is -0.398 e. The molecule has 1 aromatic heterocycles. The van der Waals surface area contributed by atoms with Gasteiger partial charge in [0.1, 0.15) is 0 Å². The quantitative estimate of drug-likeness (QED) is 0.880. The molecular formula is C13H13BrN2OS. The molecule has 3 nitrogen and oxygen atoms in total. The van der Waals surface area contributed by atoms with Crippen molar-refractivity contribution in [3.05, 3.63) is 50.6 Å². The Balaban J connectivity index is 2.12. The third-order valence-corrected chi connectivity index (χ3v) is 4.12. The summed E-state index contributed by atoms with van der Waals surface area (Å²) >= 11 is 4.98. The lowest BCUT2D eigenvalue weighted by atomic mass is 10.2. The summed E-state index contributed by atoms with van der Waals surface area (Å²) < 4.78 is 0.748. The average Bonchev–Trinajstić information content (AvgIpc) is 2.84. The smallest absolute Gasteiger partial charge is 0.253 e. The van der Waals surface area contributed by atoms with E-state index in [-0.39, 0.29) is 5.91 Å². The average molecular weight is 325 g/mol. The number of halogens is 1. The summed E-state index contributed by atoms with van der Waals surface area (Å²) in [5, 5.41) is 2.01. The van der Waals surface area contributed by atoms with Gasteiger partial charge in [-0.3, -0.25) is 4.79 Å². The highest BCUT2D eigenvalue weighted by Crippen LogP contribution is 2.21. The molecular weight excluding hydrogens is 312 g/mol. The lowest BCUT2D eigenvalue weighted by molar-refractivity contribution is 0.0786. The SMILES string of the molecule is CN(Cc1cccs1)C(=O)c1ccc(N)c(Br)c1. The molecule has 0 unspecified atom stereocenters. The maximum atomic E-state index is 12.2. The van der Waals surface area contributed by atoms with Gasteiger partial charge in [0.25, 0.3) is 5.91 Å². The van der Waals surface area contributed by atoms with Gasteiger partial charge < -0.3 is 10.6 Å². The van der Waals surface area contributed by atoms with Crippen molar-refractivity contribution in [2.45, 2.75) is 6.54 Å². The fourth-order valence-corrected chi connectivity index (χ4v) is 2.72. The molecule has 0 fully saturated rings. The van der Waals surface area contributed by atoms with Crippen LogP contribution in [0.2, 0.25) is 0 Å². The molecule has 0 aliphatic heterocycles. The van der Waals surface area contributed by atoms with Crippen molar-refractivity contribution in [2.24, 2.45) is 0 Å². The first-order chi connectivity index (χ1) is 8.58. The van der Waals surface area contributed by atoms with Crippen molar-refractivity contribution in [3.8, 4) is 0 Å². The van der Waals surface area contributed by atoms with Crippen LogP contribution in [-0.4, -0.2) is 17.9 Å². The van der Waals surface area contributed by atoms with Gasteiger partial charge in [0.15, 0.2) is 0 Å². The third kappa shape index (κ3) is 2.91. The highest BCUT2D eigenvalue weighted by Gasteiger charge is 2.13. The van der Waals surface area contributed by atoms with Crippen molar-refractivity contribution >= 4 is 38.9 Å². The van der Waals surface area contributed by atoms with Gasteiger partial charge in [-0.2, -0.15) is 0 Å². The van der Waals surface area contributed by atoms with E-state index in [0.717, 1.165) is 4.47 Å². The number of carbonyl (C=O) groups excluding carboxylic acids is 1. The van der Waals surface area contributed by atoms with Crippen LogP contribution in [0.1, 0.15) is 15.2 Å². The van der Waals surface area contributed by atoms with Crippen LogP contribution in [0.15, 0.2) is 40.2 Å². The van der Waals surface area contributed by atoms with E-state index in [0.29, 0.717) is 17.8 Å². The van der Waals surface area contributed by atoms with E-state index in [4.69, 9.17) is 5.73 Å². The lowest BCUT2D eigenvalue weighted by Gasteiger charge is -2.16. The van der Waals surface area contributed by atoms with Crippen molar-refractivity contribution in [1.82, 2.24) is 4.90 Å². The Kier molecular flexibility index (Phi) is 4.04. The van der Waals surface area contributed by atoms with Crippen LogP contribution in [0.3, 0.4) is 0 Å². The van der Waals surface area contributed by atoms with E-state index < -0.39 is 0 Å². The van der Waals surface area contributed by atoms with E-state index in [9.17, 15) is 4.79 Å². The molecule has 0 atom stereocenters. The highest BCUT2D eigenvalue weighted by atomic mass is 79.9. The second-order valence-electron chi connectivity index (χ2n) is 3.98. The number of anilines is 1. The molecule has 0 aliphatic rings. The number of amides is 1. The van der Waals surface area contributed by atoms with E-state index in [1.807, 2.05) is 17.5 Å². The third-order valence-electron chi connectivity index (χ3n) is 2.57. The van der Waals surface area contributed by atoms with Gasteiger partial charge in [0.2, 0.25) is 0 Å². The summed E-state index contributed by atoms with van der Waals surface area (Å²) in [5.74, 6) is -0.0101. The molecule has 0 bridgehead atoms. The van der Waals surface area contributed by atoms with Gasteiger partial charge in [-0.1, -0.05) is 6.07 Å². The van der Waals surface area contributed by atoms with Crippen molar-refractivity contribution in [1.29, 1.82) is 0 Å². The summed E-state index contributed by atoms with van der Waals surface area (Å²) in [6.07, 6.45) is 0. The maximum Gasteiger partial charge on any atom is 0.253 e. The van der Waals surface area contributed by atoms with Gasteiger partial charge in [-0.05, 0) is 45.6 Å². The van der Waals surface area contributed by atoms with Crippen LogP contribution in [0.5, 0.6) is 0 Å². The van der Waals surface area contributed by atoms with Gasteiger partial charge in [0, 0.05) is 27.6 Å². The normalized spacial score (nSPS) is 10.3. The lowest BCUT2D eigenvalue weighted by Crippen LogP contribution is -2.25. The number of rotatable bonds is 3. The number of hydrogen-bond donors (Lipinski definition) is 1. The number of hydrogen-bond acceptors (Lipinski definition) is 3. The van der Waals surface area contributed by atoms with Crippen LogP contribution in [0.4, 0.5) is 5.69 Å². The zero-order valence-corrected chi connectivity index (χ0v) is 12.3. The predicted octanol–water partition coefficient (Wildman–Crippen LogP) is 3.37. The molecule has 1 amide bonds. The molecule has 18 heavy (non-hydrogen) atoms. The van der Waals surface area contributed by atoms with Gasteiger partial charge >= 0.3 is 0 Å². The summed E-state index contributed by atoms with van der Waals surface area (Å²) in [5.41, 5.74) is 6.97. The molecule has 1 heterocycles. The molecule has 2 aromatic rings. The largest absolute Gasteiger partial charge is 0.398 e. The molecule has 0 saturated heterocycles. The fraction of sp³-hybridized carbons (Fsp3) is 0.154. The van der Waals surface area contributed by atoms with Crippen LogP contribution in [-0.2, 0) is 6.54 Å². The second-order valence-corrected chi connectivity index (χ2v) is 5.86. The van der Waals surface area contributed by atoms with Crippen molar-refractivity contribution < 1.29 is 4.79 Å². The number of carbonyl (C=O) groups is 1. The molecule has 1 aromatic carbocycles. The Morgan fingerprint density at radius 2 is 2.22 bits per heavy atom. The minimum absolute atomic E-state index is 0.0101. The first-order valence-electron chi connectivity index (χ1n) is 5.41. The Labute approximate surface area is 118 Å². The fourth-order valence-electron chi connectivity index (χ4n) is 1.59. The second kappa shape index (κ2) is 5.54. The number of benzene rings is 1. The Morgan fingerprint density at radius 1 is 1.44 bits per heavy atom. The predicted molar refractivity (Wildman–Crippen MR) is 78.7 cm³/mol. The monoisotopic (exact) mass is 324 g/mol. The number of nitrogens with two attached hydrogens (primary N) is 1. The van der Waals surface area contributed by atoms with Crippen LogP contribution in [0.25, 0.3) is 0 Å². The highest BCUT2D eigenvalue weighted by molar-refractivity contribution is 9.10. The van der Waals surface area contributed by atoms with Gasteiger partial charge in [-0.25, -0.2) is 0 Å². The summed E-state index contributed by atoms with van der Waals surface area (Å²) in [6, 6.07) is 9.23. The van der Waals surface area contributed by atoms with E-state index in [1.165, 1.54) is 4.88 Å². The molecule has 94 valence electrons. The zero-order valence-electron chi connectivity index (χ0n) is 9.89. The first kappa shape index (κ1) is 13.1. The summed E-state index contributed by atoms with van der Waals surface area (Å²) in [6.45, 7) is 0.624. The molecule has 0 aliphatic carbocycles. The van der Waals surface area contributed by atoms with Crippen LogP contribution in [0, 0.1) is 0 Å². The molecule has 0 spiro atoms. The van der Waals surface area contributed by atoms with Crippen molar-refractivity contribution in [3.63, 3.8) is 0 Å². The summed E-state index contributed by atoms with van der Waals surface area (Å²) in [4.78, 5) is 15.1. The Morgan fingerprint density at radius 3 is 2.83 bits per heavy atom. The molecule has 2 rings (SSSR count). The Bertz CT molecular complexity index is 554. The molecule has 5 heteroatoms. The molecule has 0 saturated carbocycles. The number of nitrogen functional groups attached to an aromatic ring is 1. The number of nitrogens with zero attached hydrogens (tertiary/aromatic N) is 1. The van der Waals surface area contributed by atoms with Crippen molar-refractivity contribution in [2.75, 3.05) is 12.8 Å². The molecule has 2 N–H and O–H groups in total. The molecule has 0 radical (unpaired) electrons. The Hall–Kier alpha value is -1.33. The van der Waals surface area contributed by atoms with E-state index >= 15 is 0 Å². The van der Waals surface area contributed by atoms with E-state index in [2.05, 4.69) is 15.9 Å². The van der Waals surface area contributed by atoms with Gasteiger partial charge in [0.05, 0.1) is 6.54 Å². The first-order valence-corrected chi connectivity index (χ1v) is 7.08. The zero-order chi connectivity index (χ0) is 13.1. The topological polar surface area (TPSA) is 46.3 Å². The standard InChI is InChI=1S/C13H13BrN2OS/c1-16(8-10-3-2-6-18-10)13(17)9-4-5-12(15)11(14)7-9/h2-7H,8,15H2,1H3. The minimum atomic E-state index is -0.0101. The summed E-state index contributed by atoms with van der Waals surface area (Å²) in [7, 11) is 1.80. The maximum absolute atomic E-state index is 12.2. The number of thiophene rings is 1. The van der Waals surface area contributed by atoms with Gasteiger partial charge in [-0.15, -0.1) is 11.3 Å². The van der Waals surface area contributed by atoms with Crippen LogP contribution < -0.4 is 5.73 Å².